The van der Waals surface area contributed by atoms with Crippen LogP contribution in [0.1, 0.15) is 38.8 Å². The summed E-state index contributed by atoms with van der Waals surface area (Å²) in [7, 11) is -0.610. The molecular weight excluding hydrogens is 472 g/mol. The molecule has 4 rings (SSSR count). The highest BCUT2D eigenvalue weighted by molar-refractivity contribution is 6.64. The van der Waals surface area contributed by atoms with Gasteiger partial charge in [0.25, 0.3) is 0 Å². The van der Waals surface area contributed by atoms with Crippen molar-refractivity contribution in [1.82, 2.24) is 4.98 Å². The minimum atomic E-state index is -4.46. The van der Waals surface area contributed by atoms with Crippen molar-refractivity contribution in [1.29, 1.82) is 0 Å². The summed E-state index contributed by atoms with van der Waals surface area (Å²) >= 11 is 0. The number of benzene rings is 2. The predicted octanol–water partition coefficient (Wildman–Crippen LogP) is 5.37. The lowest BCUT2D eigenvalue weighted by molar-refractivity contribution is -0.137. The van der Waals surface area contributed by atoms with E-state index in [2.05, 4.69) is 10.3 Å². The minimum absolute atomic E-state index is 0.0350. The Labute approximate surface area is 207 Å². The number of carbonyl (C=O) groups is 1. The average Bonchev–Trinajstić information content (AvgIpc) is 3.02. The van der Waals surface area contributed by atoms with Crippen LogP contribution in [-0.4, -0.2) is 29.2 Å². The van der Waals surface area contributed by atoms with E-state index in [1.807, 2.05) is 45.9 Å². The number of nitrogens with one attached hydrogen (secondary N) is 1. The molecule has 0 unspecified atom stereocenters. The Hall–Kier alpha value is -3.37. The normalized spacial score (nSPS) is 16.6. The Balaban J connectivity index is 1.38. The molecule has 1 saturated heterocycles. The second kappa shape index (κ2) is 9.59. The molecule has 10 heteroatoms. The molecule has 3 aromatic rings. The first kappa shape index (κ1) is 25.7. The fourth-order valence-corrected chi connectivity index (χ4v) is 3.57. The first-order valence-electron chi connectivity index (χ1n) is 11.4. The van der Waals surface area contributed by atoms with Crippen molar-refractivity contribution in [2.45, 2.75) is 51.5 Å². The van der Waals surface area contributed by atoms with E-state index in [4.69, 9.17) is 14.0 Å². The summed E-state index contributed by atoms with van der Waals surface area (Å²) in [5.41, 5.74) is 0.208. The van der Waals surface area contributed by atoms with Gasteiger partial charge in [-0.2, -0.15) is 13.2 Å². The second-order valence-electron chi connectivity index (χ2n) is 9.53. The van der Waals surface area contributed by atoms with Crippen molar-refractivity contribution in [3.8, 4) is 11.6 Å². The van der Waals surface area contributed by atoms with Gasteiger partial charge in [-0.05, 0) is 57.5 Å². The molecule has 1 aromatic heterocycles. The first-order chi connectivity index (χ1) is 16.8. The Morgan fingerprint density at radius 1 is 0.972 bits per heavy atom. The Morgan fingerprint density at radius 2 is 1.61 bits per heavy atom. The zero-order chi connectivity index (χ0) is 26.1. The van der Waals surface area contributed by atoms with Crippen LogP contribution in [0.5, 0.6) is 11.6 Å². The zero-order valence-electron chi connectivity index (χ0n) is 20.3. The minimum Gasteiger partial charge on any atom is -0.439 e. The molecule has 0 aliphatic carbocycles. The maximum atomic E-state index is 12.8. The summed E-state index contributed by atoms with van der Waals surface area (Å²) in [6.07, 6.45) is -3.63. The van der Waals surface area contributed by atoms with Crippen molar-refractivity contribution in [3.63, 3.8) is 0 Å². The molecular formula is C26H26BF3N2O4. The van der Waals surface area contributed by atoms with Gasteiger partial charge in [-0.25, -0.2) is 4.98 Å². The number of para-hydroxylation sites is 1. The van der Waals surface area contributed by atoms with Gasteiger partial charge >= 0.3 is 13.3 Å². The molecule has 0 saturated carbocycles. The topological polar surface area (TPSA) is 69.7 Å². The van der Waals surface area contributed by atoms with Crippen molar-refractivity contribution in [3.05, 3.63) is 78.0 Å². The van der Waals surface area contributed by atoms with Crippen LogP contribution in [0.3, 0.4) is 0 Å². The van der Waals surface area contributed by atoms with E-state index in [9.17, 15) is 18.0 Å². The van der Waals surface area contributed by atoms with Crippen LogP contribution in [0.15, 0.2) is 66.9 Å². The van der Waals surface area contributed by atoms with E-state index in [1.165, 1.54) is 0 Å². The maximum absolute atomic E-state index is 12.8. The Morgan fingerprint density at radius 3 is 2.19 bits per heavy atom. The molecule has 6 nitrogen and oxygen atoms in total. The molecule has 0 spiro atoms. The first-order valence-corrected chi connectivity index (χ1v) is 11.4. The number of pyridine rings is 1. The summed E-state index contributed by atoms with van der Waals surface area (Å²) in [5, 5.41) is 2.93. The summed E-state index contributed by atoms with van der Waals surface area (Å²) in [6, 6.07) is 16.1. The number of alkyl halides is 3. The van der Waals surface area contributed by atoms with Gasteiger partial charge in [0.05, 0.1) is 23.2 Å². The molecule has 1 aliphatic heterocycles. The van der Waals surface area contributed by atoms with E-state index in [0.29, 0.717) is 11.4 Å². The van der Waals surface area contributed by atoms with Gasteiger partial charge in [-0.3, -0.25) is 4.79 Å². The lowest BCUT2D eigenvalue weighted by atomic mass is 9.78. The standard InChI is InChI=1S/C26H26BF3N2O4/c1-24(2)25(3,4)36-27(35-24)20-7-5-6-8-21(20)32-22(33)15-17-9-12-19(13-10-17)34-23-14-11-18(16-31-23)26(28,29)30/h5-14,16H,15H2,1-4H3,(H,32,33). The van der Waals surface area contributed by atoms with Gasteiger partial charge in [-0.15, -0.1) is 0 Å². The van der Waals surface area contributed by atoms with Crippen LogP contribution in [0.25, 0.3) is 0 Å². The number of hydrogen-bond donors (Lipinski definition) is 1. The van der Waals surface area contributed by atoms with Crippen LogP contribution < -0.4 is 15.5 Å². The highest BCUT2D eigenvalue weighted by Crippen LogP contribution is 2.37. The summed E-state index contributed by atoms with van der Waals surface area (Å²) < 4.78 is 55.8. The SMILES string of the molecule is CC1(C)OB(c2ccccc2NC(=O)Cc2ccc(Oc3ccc(C(F)(F)F)cn3)cc2)OC1(C)C. The van der Waals surface area contributed by atoms with Crippen LogP contribution >= 0.6 is 0 Å². The molecule has 0 atom stereocenters. The highest BCUT2D eigenvalue weighted by atomic mass is 19.4. The van der Waals surface area contributed by atoms with Gasteiger partial charge in [0.15, 0.2) is 0 Å². The van der Waals surface area contributed by atoms with Gasteiger partial charge < -0.3 is 19.4 Å². The van der Waals surface area contributed by atoms with Crippen LogP contribution in [-0.2, 0) is 26.7 Å². The zero-order valence-corrected chi connectivity index (χ0v) is 20.3. The lowest BCUT2D eigenvalue weighted by Crippen LogP contribution is -2.41. The number of anilines is 1. The number of carbonyl (C=O) groups excluding carboxylic acids is 1. The van der Waals surface area contributed by atoms with Crippen LogP contribution in [0.2, 0.25) is 0 Å². The van der Waals surface area contributed by atoms with Crippen molar-refractivity contribution in [2.24, 2.45) is 0 Å². The van der Waals surface area contributed by atoms with E-state index >= 15 is 0 Å². The maximum Gasteiger partial charge on any atom is 0.496 e. The van der Waals surface area contributed by atoms with Gasteiger partial charge in [0.1, 0.15) is 5.75 Å². The lowest BCUT2D eigenvalue weighted by Gasteiger charge is -2.32. The quantitative estimate of drug-likeness (QED) is 0.463. The summed E-state index contributed by atoms with van der Waals surface area (Å²) in [6.45, 7) is 7.87. The molecule has 0 bridgehead atoms. The molecule has 188 valence electrons. The third-order valence-electron chi connectivity index (χ3n) is 6.32. The summed E-state index contributed by atoms with van der Waals surface area (Å²) in [5.74, 6) is 0.197. The molecule has 0 radical (unpaired) electrons. The Bertz CT molecular complexity index is 1210. The monoisotopic (exact) mass is 498 g/mol. The van der Waals surface area contributed by atoms with E-state index in [0.717, 1.165) is 29.4 Å². The molecule has 1 N–H and O–H groups in total. The number of ether oxygens (including phenoxy) is 1. The highest BCUT2D eigenvalue weighted by Gasteiger charge is 2.52. The number of aromatic nitrogens is 1. The third kappa shape index (κ3) is 5.71. The smallest absolute Gasteiger partial charge is 0.439 e. The molecule has 1 fully saturated rings. The van der Waals surface area contributed by atoms with Gasteiger partial charge in [0, 0.05) is 23.4 Å². The number of amides is 1. The average molecular weight is 498 g/mol. The summed E-state index contributed by atoms with van der Waals surface area (Å²) in [4.78, 5) is 16.5. The third-order valence-corrected chi connectivity index (χ3v) is 6.32. The molecule has 1 amide bonds. The van der Waals surface area contributed by atoms with Crippen molar-refractivity contribution < 1.29 is 32.0 Å². The Kier molecular flexibility index (Phi) is 6.85. The fourth-order valence-electron chi connectivity index (χ4n) is 3.57. The van der Waals surface area contributed by atoms with E-state index in [1.54, 1.807) is 30.3 Å². The second-order valence-corrected chi connectivity index (χ2v) is 9.53. The number of halogens is 3. The van der Waals surface area contributed by atoms with Gasteiger partial charge in [-0.1, -0.05) is 30.3 Å². The molecule has 1 aliphatic rings. The predicted molar refractivity (Wildman–Crippen MR) is 130 cm³/mol. The number of nitrogens with zero attached hydrogens (tertiary/aromatic N) is 1. The van der Waals surface area contributed by atoms with E-state index < -0.39 is 30.1 Å². The fraction of sp³-hybridized carbons (Fsp3) is 0.308. The molecule has 2 aromatic carbocycles. The van der Waals surface area contributed by atoms with Crippen LogP contribution in [0.4, 0.5) is 18.9 Å². The van der Waals surface area contributed by atoms with E-state index in [-0.39, 0.29) is 18.2 Å². The van der Waals surface area contributed by atoms with Crippen molar-refractivity contribution in [2.75, 3.05) is 5.32 Å². The number of rotatable bonds is 6. The largest absolute Gasteiger partial charge is 0.496 e. The van der Waals surface area contributed by atoms with Crippen molar-refractivity contribution >= 4 is 24.2 Å². The van der Waals surface area contributed by atoms with Gasteiger partial charge in [0.2, 0.25) is 11.8 Å². The van der Waals surface area contributed by atoms with Crippen LogP contribution in [0, 0.1) is 0 Å². The number of hydrogen-bond acceptors (Lipinski definition) is 5. The molecule has 2 heterocycles. The molecule has 36 heavy (non-hydrogen) atoms.